The number of pyridine rings is 1. The molecule has 0 radical (unpaired) electrons. The monoisotopic (exact) mass is 720 g/mol. The van der Waals surface area contributed by atoms with Gasteiger partial charge in [-0.2, -0.15) is 9.97 Å². The van der Waals surface area contributed by atoms with Crippen LogP contribution in [-0.2, 0) is 9.47 Å². The van der Waals surface area contributed by atoms with Gasteiger partial charge in [0.05, 0.1) is 23.1 Å². The fourth-order valence-electron chi connectivity index (χ4n) is 8.56. The number of ether oxygens (including phenoxy) is 4. The number of amides is 1. The Kier molecular flexibility index (Phi) is 8.80. The summed E-state index contributed by atoms with van der Waals surface area (Å²) in [5.41, 5.74) is 0.737. The molecule has 4 aliphatic heterocycles. The van der Waals surface area contributed by atoms with Gasteiger partial charge >= 0.3 is 12.1 Å². The van der Waals surface area contributed by atoms with Crippen LogP contribution in [0.15, 0.2) is 36.5 Å². The Bertz CT molecular complexity index is 2020. The van der Waals surface area contributed by atoms with E-state index in [-0.39, 0.29) is 43.0 Å². The maximum Gasteiger partial charge on any atom is 0.410 e. The number of hydrogen-bond donors (Lipinski definition) is 0. The number of anilines is 1. The zero-order valence-electron chi connectivity index (χ0n) is 29.8. The molecular weight excluding hydrogens is 677 g/mol. The van der Waals surface area contributed by atoms with Crippen LogP contribution in [0, 0.1) is 11.6 Å². The van der Waals surface area contributed by atoms with Crippen LogP contribution in [0.1, 0.15) is 52.9 Å². The minimum absolute atomic E-state index is 0.0346. The van der Waals surface area contributed by atoms with Crippen molar-refractivity contribution in [2.24, 2.45) is 0 Å². The fourth-order valence-corrected chi connectivity index (χ4v) is 8.56. The Morgan fingerprint density at radius 2 is 1.83 bits per heavy atom. The summed E-state index contributed by atoms with van der Waals surface area (Å²) in [6.45, 7) is 7.99. The van der Waals surface area contributed by atoms with Gasteiger partial charge in [0.25, 0.3) is 0 Å². The van der Waals surface area contributed by atoms with E-state index in [1.54, 1.807) is 24.4 Å². The van der Waals surface area contributed by atoms with Crippen LogP contribution < -0.4 is 14.4 Å². The summed E-state index contributed by atoms with van der Waals surface area (Å²) in [5.74, 6) is -1.01. The van der Waals surface area contributed by atoms with Crippen LogP contribution >= 0.6 is 0 Å². The summed E-state index contributed by atoms with van der Waals surface area (Å²) in [6, 6.07) is 7.53. The maximum atomic E-state index is 15.5. The lowest BCUT2D eigenvalue weighted by atomic mass is 9.95. The first kappa shape index (κ1) is 34.6. The van der Waals surface area contributed by atoms with E-state index in [2.05, 4.69) is 9.80 Å². The molecule has 0 aliphatic carbocycles. The van der Waals surface area contributed by atoms with E-state index < -0.39 is 28.9 Å². The Morgan fingerprint density at radius 1 is 1.04 bits per heavy atom. The molecule has 4 fully saturated rings. The van der Waals surface area contributed by atoms with E-state index in [4.69, 9.17) is 33.9 Å². The predicted octanol–water partition coefficient (Wildman–Crippen LogP) is 6.65. The number of aromatic nitrogens is 3. The van der Waals surface area contributed by atoms with E-state index in [0.717, 1.165) is 38.3 Å². The van der Waals surface area contributed by atoms with Crippen molar-refractivity contribution < 1.29 is 36.9 Å². The molecule has 4 aliphatic rings. The number of methoxy groups -OCH3 is 1. The number of carbonyl (C=O) groups is 1. The van der Waals surface area contributed by atoms with Gasteiger partial charge in [-0.25, -0.2) is 18.0 Å². The van der Waals surface area contributed by atoms with Crippen LogP contribution in [0.3, 0.4) is 0 Å². The van der Waals surface area contributed by atoms with Crippen molar-refractivity contribution in [1.29, 1.82) is 0 Å². The highest BCUT2D eigenvalue weighted by Gasteiger charge is 2.50. The third-order valence-electron chi connectivity index (χ3n) is 10.7. The van der Waals surface area contributed by atoms with Crippen molar-refractivity contribution in [2.75, 3.05) is 51.6 Å². The Morgan fingerprint density at radius 3 is 2.58 bits per heavy atom. The number of fused-ring (bicyclic) bond motifs is 5. The second-order valence-corrected chi connectivity index (χ2v) is 15.4. The molecule has 276 valence electrons. The quantitative estimate of drug-likeness (QED) is 0.184. The molecule has 0 saturated carbocycles. The largest absolute Gasteiger partial charge is 0.468 e. The number of rotatable bonds is 8. The Balaban J connectivity index is 1.20. The third-order valence-corrected chi connectivity index (χ3v) is 10.7. The molecule has 14 heteroatoms. The molecule has 8 rings (SSSR count). The van der Waals surface area contributed by atoms with Crippen molar-refractivity contribution in [3.05, 3.63) is 48.2 Å². The molecule has 1 amide bonds. The van der Waals surface area contributed by atoms with Crippen molar-refractivity contribution in [2.45, 2.75) is 82.3 Å². The molecule has 11 nitrogen and oxygen atoms in total. The Hall–Kier alpha value is -4.43. The predicted molar refractivity (Wildman–Crippen MR) is 188 cm³/mol. The molecular formula is C38H43F3N6O5. The van der Waals surface area contributed by atoms with Crippen LogP contribution in [-0.4, -0.2) is 107 Å². The number of benzene rings is 2. The lowest BCUT2D eigenvalue weighted by molar-refractivity contribution is 0.0122. The van der Waals surface area contributed by atoms with Crippen LogP contribution in [0.2, 0.25) is 0 Å². The van der Waals surface area contributed by atoms with Gasteiger partial charge in [-0.15, -0.1) is 0 Å². The average Bonchev–Trinajstić information content (AvgIpc) is 3.73. The number of halogens is 3. The standard InChI is InChI=1S/C38H43F3N6O5/c1-37(2,3)52-36(48)47-25-7-8-26(47)19-45(18-25)34-33-30(43-35(44-34)50-20-38-10-5-11-46(38)17-24(39)15-38)13-23(16-42-33)28-14-27(51-21-49-4)12-22-6-9-29(40)32(41)31(22)28/h6,9,12-14,16,24-26H,5,7-8,10-11,15,17-21H2,1-4H3/t24-,25-,26+,38+/m1/s1. The van der Waals surface area contributed by atoms with E-state index in [1.165, 1.54) is 13.2 Å². The molecule has 2 aromatic heterocycles. The number of piperazine rings is 1. The highest BCUT2D eigenvalue weighted by molar-refractivity contribution is 6.00. The van der Waals surface area contributed by atoms with Gasteiger partial charge < -0.3 is 23.8 Å². The van der Waals surface area contributed by atoms with Gasteiger partial charge in [0.15, 0.2) is 24.2 Å². The van der Waals surface area contributed by atoms with E-state index in [0.29, 0.717) is 65.2 Å². The first-order valence-corrected chi connectivity index (χ1v) is 17.9. The molecule has 0 unspecified atom stereocenters. The molecule has 2 bridgehead atoms. The average molecular weight is 721 g/mol. The smallest absolute Gasteiger partial charge is 0.410 e. The molecule has 4 aromatic rings. The van der Waals surface area contributed by atoms with Crippen molar-refractivity contribution in [3.8, 4) is 22.9 Å². The van der Waals surface area contributed by atoms with Gasteiger partial charge in [0.1, 0.15) is 29.6 Å². The summed E-state index contributed by atoms with van der Waals surface area (Å²) in [4.78, 5) is 33.9. The van der Waals surface area contributed by atoms with Gasteiger partial charge in [-0.3, -0.25) is 14.8 Å². The van der Waals surface area contributed by atoms with E-state index in [1.807, 2.05) is 25.7 Å². The van der Waals surface area contributed by atoms with Crippen LogP contribution in [0.4, 0.5) is 23.8 Å². The lowest BCUT2D eigenvalue weighted by Crippen LogP contribution is -2.57. The first-order chi connectivity index (χ1) is 24.9. The van der Waals surface area contributed by atoms with Gasteiger partial charge in [0.2, 0.25) is 0 Å². The minimum Gasteiger partial charge on any atom is -0.468 e. The molecule has 0 N–H and O–H groups in total. The zero-order valence-corrected chi connectivity index (χ0v) is 29.8. The van der Waals surface area contributed by atoms with Gasteiger partial charge in [-0.05, 0) is 88.2 Å². The van der Waals surface area contributed by atoms with Crippen LogP contribution in [0.5, 0.6) is 11.8 Å². The molecule has 4 atom stereocenters. The fraction of sp³-hybridized carbons (Fsp3) is 0.526. The number of alkyl halides is 1. The minimum atomic E-state index is -0.986. The first-order valence-electron chi connectivity index (χ1n) is 17.9. The topological polar surface area (TPSA) is 102 Å². The number of hydrogen-bond acceptors (Lipinski definition) is 10. The summed E-state index contributed by atoms with van der Waals surface area (Å²) < 4.78 is 67.6. The second kappa shape index (κ2) is 13.2. The maximum absolute atomic E-state index is 15.5. The number of nitrogens with zero attached hydrogens (tertiary/aromatic N) is 6. The van der Waals surface area contributed by atoms with Gasteiger partial charge in [0, 0.05) is 50.3 Å². The summed E-state index contributed by atoms with van der Waals surface area (Å²) >= 11 is 0. The molecule has 2 aromatic carbocycles. The number of carbonyl (C=O) groups excluding carboxylic acids is 1. The normalized spacial score (nSPS) is 24.6. The van der Waals surface area contributed by atoms with Crippen molar-refractivity contribution in [3.63, 3.8) is 0 Å². The highest BCUT2D eigenvalue weighted by Crippen LogP contribution is 2.42. The SMILES string of the molecule is COCOc1cc(-c2cnc3c(N4C[C@H]5CC[C@@H](C4)N5C(=O)OC(C)(C)C)nc(OC[C@@]45CCCN4C[C@H](F)C5)nc3c2)c2c(F)c(F)ccc2c1. The lowest BCUT2D eigenvalue weighted by Gasteiger charge is -2.41. The third kappa shape index (κ3) is 6.33. The summed E-state index contributed by atoms with van der Waals surface area (Å²) in [7, 11) is 1.50. The molecule has 0 spiro atoms. The second-order valence-electron chi connectivity index (χ2n) is 15.4. The van der Waals surface area contributed by atoms with Gasteiger partial charge in [-0.1, -0.05) is 6.07 Å². The van der Waals surface area contributed by atoms with E-state index >= 15 is 4.39 Å². The molecule has 4 saturated heterocycles. The summed E-state index contributed by atoms with van der Waals surface area (Å²) in [5, 5.41) is 0.519. The van der Waals surface area contributed by atoms with Crippen molar-refractivity contribution in [1.82, 2.24) is 24.8 Å². The zero-order chi connectivity index (χ0) is 36.4. The van der Waals surface area contributed by atoms with Crippen LogP contribution in [0.25, 0.3) is 32.9 Å². The summed E-state index contributed by atoms with van der Waals surface area (Å²) in [6.07, 6.45) is 4.19. The highest BCUT2D eigenvalue weighted by atomic mass is 19.2. The molecule has 52 heavy (non-hydrogen) atoms. The van der Waals surface area contributed by atoms with Crippen molar-refractivity contribution >= 4 is 33.7 Å². The molecule has 6 heterocycles. The van der Waals surface area contributed by atoms with E-state index in [9.17, 15) is 13.6 Å². The Labute approximate surface area is 300 Å².